The van der Waals surface area contributed by atoms with Gasteiger partial charge >= 0.3 is 0 Å². The number of pyridine rings is 1. The van der Waals surface area contributed by atoms with Crippen LogP contribution in [0.5, 0.6) is 5.75 Å². The molecule has 0 spiro atoms. The van der Waals surface area contributed by atoms with Gasteiger partial charge in [0.25, 0.3) is 0 Å². The van der Waals surface area contributed by atoms with Crippen molar-refractivity contribution < 1.29 is 4.74 Å². The van der Waals surface area contributed by atoms with Gasteiger partial charge < -0.3 is 10.1 Å². The molecule has 0 aliphatic heterocycles. The van der Waals surface area contributed by atoms with Crippen LogP contribution in [0, 0.1) is 0 Å². The number of ether oxygens (including phenoxy) is 1. The summed E-state index contributed by atoms with van der Waals surface area (Å²) >= 11 is 3.46. The van der Waals surface area contributed by atoms with Gasteiger partial charge in [-0.05, 0) is 48.5 Å². The van der Waals surface area contributed by atoms with Crippen molar-refractivity contribution in [3.8, 4) is 5.75 Å². The summed E-state index contributed by atoms with van der Waals surface area (Å²) in [7, 11) is 3.58. The molecule has 0 fully saturated rings. The minimum Gasteiger partial charge on any atom is -0.493 e. The average Bonchev–Trinajstić information content (AvgIpc) is 2.84. The second-order valence-corrected chi connectivity index (χ2v) is 5.71. The van der Waals surface area contributed by atoms with Gasteiger partial charge in [0, 0.05) is 22.9 Å². The third kappa shape index (κ3) is 2.86. The molecule has 20 heavy (non-hydrogen) atoms. The Kier molecular flexibility index (Phi) is 4.77. The molecule has 2 aromatic rings. The maximum atomic E-state index is 5.46. The average molecular weight is 339 g/mol. The molecule has 0 saturated heterocycles. The van der Waals surface area contributed by atoms with Crippen molar-refractivity contribution in [3.05, 3.63) is 40.4 Å². The van der Waals surface area contributed by atoms with Crippen LogP contribution in [0.15, 0.2) is 29.1 Å². The first-order chi connectivity index (χ1) is 9.58. The van der Waals surface area contributed by atoms with E-state index < -0.39 is 0 Å². The lowest BCUT2D eigenvalue weighted by Crippen LogP contribution is -2.23. The van der Waals surface area contributed by atoms with Gasteiger partial charge in [-0.2, -0.15) is 5.10 Å². The number of hydrogen-bond acceptors (Lipinski definition) is 4. The Hall–Kier alpha value is -1.40. The molecule has 6 heteroatoms. The SMILES string of the molecule is CNC(c1cncc(Br)c1)c1c(OC)cnn1C(C)C. The van der Waals surface area contributed by atoms with Crippen LogP contribution in [0.1, 0.15) is 37.2 Å². The molecule has 2 rings (SSSR count). The highest BCUT2D eigenvalue weighted by Crippen LogP contribution is 2.32. The summed E-state index contributed by atoms with van der Waals surface area (Å²) in [6.07, 6.45) is 5.38. The van der Waals surface area contributed by atoms with Crippen molar-refractivity contribution in [3.63, 3.8) is 0 Å². The minimum absolute atomic E-state index is 0.0279. The van der Waals surface area contributed by atoms with Gasteiger partial charge in [0.2, 0.25) is 0 Å². The number of rotatable bonds is 5. The van der Waals surface area contributed by atoms with E-state index in [1.807, 2.05) is 24.0 Å². The van der Waals surface area contributed by atoms with E-state index in [0.29, 0.717) is 0 Å². The van der Waals surface area contributed by atoms with Crippen LogP contribution in [0.4, 0.5) is 0 Å². The Morgan fingerprint density at radius 1 is 1.30 bits per heavy atom. The van der Waals surface area contributed by atoms with Gasteiger partial charge in [-0.1, -0.05) is 0 Å². The predicted octanol–water partition coefficient (Wildman–Crippen LogP) is 2.94. The minimum atomic E-state index is -0.0279. The zero-order valence-corrected chi connectivity index (χ0v) is 13.7. The van der Waals surface area contributed by atoms with E-state index in [0.717, 1.165) is 21.5 Å². The van der Waals surface area contributed by atoms with Gasteiger partial charge in [0.1, 0.15) is 5.69 Å². The fourth-order valence-electron chi connectivity index (χ4n) is 2.25. The molecule has 1 N–H and O–H groups in total. The molecule has 0 aromatic carbocycles. The topological polar surface area (TPSA) is 52.0 Å². The van der Waals surface area contributed by atoms with E-state index >= 15 is 0 Å². The summed E-state index contributed by atoms with van der Waals surface area (Å²) in [5.41, 5.74) is 2.06. The van der Waals surface area contributed by atoms with E-state index in [2.05, 4.69) is 45.2 Å². The maximum Gasteiger partial charge on any atom is 0.161 e. The van der Waals surface area contributed by atoms with Gasteiger partial charge in [-0.3, -0.25) is 9.67 Å². The van der Waals surface area contributed by atoms with Crippen LogP contribution in [0.3, 0.4) is 0 Å². The molecule has 0 bridgehead atoms. The molecule has 2 heterocycles. The van der Waals surface area contributed by atoms with Crippen LogP contribution < -0.4 is 10.1 Å². The molecule has 5 nitrogen and oxygen atoms in total. The van der Waals surface area contributed by atoms with E-state index in [4.69, 9.17) is 4.74 Å². The summed E-state index contributed by atoms with van der Waals surface area (Å²) in [5, 5.41) is 7.74. The molecule has 0 amide bonds. The first kappa shape index (κ1) is 15.0. The van der Waals surface area contributed by atoms with Crippen LogP contribution in [-0.4, -0.2) is 28.9 Å². The van der Waals surface area contributed by atoms with Crippen LogP contribution in [0.2, 0.25) is 0 Å². The summed E-state index contributed by atoms with van der Waals surface area (Å²) in [6.45, 7) is 4.20. The summed E-state index contributed by atoms with van der Waals surface area (Å²) in [5.74, 6) is 0.776. The fourth-order valence-corrected chi connectivity index (χ4v) is 2.63. The van der Waals surface area contributed by atoms with E-state index in [1.54, 1.807) is 19.5 Å². The second-order valence-electron chi connectivity index (χ2n) is 4.79. The summed E-state index contributed by atoms with van der Waals surface area (Å²) < 4.78 is 8.38. The zero-order valence-electron chi connectivity index (χ0n) is 12.1. The van der Waals surface area contributed by atoms with Gasteiger partial charge in [-0.15, -0.1) is 0 Å². The Bertz CT molecular complexity index is 582. The molecule has 0 saturated carbocycles. The highest BCUT2D eigenvalue weighted by atomic mass is 79.9. The molecule has 2 aromatic heterocycles. The lowest BCUT2D eigenvalue weighted by Gasteiger charge is -2.21. The lowest BCUT2D eigenvalue weighted by atomic mass is 10.1. The monoisotopic (exact) mass is 338 g/mol. The first-order valence-electron chi connectivity index (χ1n) is 6.47. The van der Waals surface area contributed by atoms with Crippen molar-refractivity contribution in [2.24, 2.45) is 0 Å². The van der Waals surface area contributed by atoms with Crippen LogP contribution in [0.25, 0.3) is 0 Å². The van der Waals surface area contributed by atoms with Gasteiger partial charge in [0.15, 0.2) is 5.75 Å². The van der Waals surface area contributed by atoms with Crippen molar-refractivity contribution in [2.75, 3.05) is 14.2 Å². The van der Waals surface area contributed by atoms with Crippen LogP contribution in [-0.2, 0) is 0 Å². The fraction of sp³-hybridized carbons (Fsp3) is 0.429. The second kappa shape index (κ2) is 6.37. The van der Waals surface area contributed by atoms with Crippen molar-refractivity contribution in [1.82, 2.24) is 20.1 Å². The number of hydrogen-bond donors (Lipinski definition) is 1. The van der Waals surface area contributed by atoms with Crippen LogP contribution >= 0.6 is 15.9 Å². The molecule has 108 valence electrons. The number of nitrogens with one attached hydrogen (secondary N) is 1. The predicted molar refractivity (Wildman–Crippen MR) is 82.0 cm³/mol. The third-order valence-electron chi connectivity index (χ3n) is 3.13. The Morgan fingerprint density at radius 3 is 2.60 bits per heavy atom. The smallest absolute Gasteiger partial charge is 0.161 e. The van der Waals surface area contributed by atoms with Crippen molar-refractivity contribution >= 4 is 15.9 Å². The van der Waals surface area contributed by atoms with Gasteiger partial charge in [0.05, 0.1) is 19.3 Å². The molecular formula is C14H19BrN4O. The molecule has 0 aliphatic carbocycles. The molecule has 0 aliphatic rings. The quantitative estimate of drug-likeness (QED) is 0.910. The maximum absolute atomic E-state index is 5.46. The molecule has 1 unspecified atom stereocenters. The third-order valence-corrected chi connectivity index (χ3v) is 3.56. The molecular weight excluding hydrogens is 320 g/mol. The molecule has 1 atom stereocenters. The number of aromatic nitrogens is 3. The van der Waals surface area contributed by atoms with Gasteiger partial charge in [-0.25, -0.2) is 0 Å². The summed E-state index contributed by atoms with van der Waals surface area (Å²) in [4.78, 5) is 4.24. The zero-order chi connectivity index (χ0) is 14.7. The number of nitrogens with zero attached hydrogens (tertiary/aromatic N) is 3. The number of halogens is 1. The first-order valence-corrected chi connectivity index (χ1v) is 7.26. The highest BCUT2D eigenvalue weighted by Gasteiger charge is 2.24. The van der Waals surface area contributed by atoms with E-state index in [1.165, 1.54) is 0 Å². The highest BCUT2D eigenvalue weighted by molar-refractivity contribution is 9.10. The lowest BCUT2D eigenvalue weighted by molar-refractivity contribution is 0.396. The standard InChI is InChI=1S/C14H19BrN4O/c1-9(2)19-14(12(20-4)8-18-19)13(16-3)10-5-11(15)7-17-6-10/h5-9,13,16H,1-4H3. The number of methoxy groups -OCH3 is 1. The Labute approximate surface area is 127 Å². The Morgan fingerprint density at radius 2 is 2.05 bits per heavy atom. The summed E-state index contributed by atoms with van der Waals surface area (Å²) in [6, 6.07) is 2.27. The van der Waals surface area contributed by atoms with Crippen molar-refractivity contribution in [2.45, 2.75) is 25.9 Å². The van der Waals surface area contributed by atoms with E-state index in [-0.39, 0.29) is 12.1 Å². The van der Waals surface area contributed by atoms with E-state index in [9.17, 15) is 0 Å². The van der Waals surface area contributed by atoms with Crippen molar-refractivity contribution in [1.29, 1.82) is 0 Å². The Balaban J connectivity index is 2.54. The largest absolute Gasteiger partial charge is 0.493 e. The molecule has 0 radical (unpaired) electrons. The normalized spacial score (nSPS) is 12.7.